The minimum absolute atomic E-state index is 0.104. The van der Waals surface area contributed by atoms with Crippen molar-refractivity contribution in [2.75, 3.05) is 5.32 Å². The van der Waals surface area contributed by atoms with Crippen molar-refractivity contribution in [1.29, 1.82) is 5.26 Å². The van der Waals surface area contributed by atoms with Gasteiger partial charge in [-0.25, -0.2) is 9.97 Å². The molecule has 3 rings (SSSR count). The van der Waals surface area contributed by atoms with Crippen molar-refractivity contribution in [3.63, 3.8) is 0 Å². The van der Waals surface area contributed by atoms with Gasteiger partial charge in [-0.2, -0.15) is 5.26 Å². The van der Waals surface area contributed by atoms with Gasteiger partial charge in [-0.05, 0) is 43.4 Å². The number of aliphatic hydroxyl groups excluding tert-OH is 1. The molecule has 6 heteroatoms. The minimum atomic E-state index is -0.324. The van der Waals surface area contributed by atoms with Crippen LogP contribution in [0.15, 0.2) is 24.7 Å². The van der Waals surface area contributed by atoms with Crippen molar-refractivity contribution in [3.8, 4) is 6.07 Å². The van der Waals surface area contributed by atoms with Gasteiger partial charge in [0.2, 0.25) is 0 Å². The van der Waals surface area contributed by atoms with Crippen LogP contribution in [0.3, 0.4) is 0 Å². The van der Waals surface area contributed by atoms with Gasteiger partial charge in [0.15, 0.2) is 0 Å². The van der Waals surface area contributed by atoms with E-state index in [1.54, 1.807) is 6.20 Å². The third kappa shape index (κ3) is 3.68. The zero-order valence-electron chi connectivity index (χ0n) is 15.5. The first-order valence-corrected chi connectivity index (χ1v) is 9.02. The summed E-state index contributed by atoms with van der Waals surface area (Å²) in [5, 5.41) is 22.6. The molecule has 0 aliphatic heterocycles. The molecule has 2 atom stereocenters. The maximum absolute atomic E-state index is 9.91. The zero-order valence-corrected chi connectivity index (χ0v) is 15.5. The Balaban J connectivity index is 1.66. The molecule has 2 aromatic heterocycles. The highest BCUT2D eigenvalue weighted by Crippen LogP contribution is 2.42. The lowest BCUT2D eigenvalue weighted by Crippen LogP contribution is -2.57. The molecule has 2 heterocycles. The van der Waals surface area contributed by atoms with Crippen molar-refractivity contribution in [1.82, 2.24) is 15.0 Å². The van der Waals surface area contributed by atoms with Crippen LogP contribution < -0.4 is 5.32 Å². The predicted molar refractivity (Wildman–Crippen MR) is 99.6 cm³/mol. The van der Waals surface area contributed by atoms with Crippen LogP contribution in [0.1, 0.15) is 49.2 Å². The zero-order chi connectivity index (χ0) is 18.7. The Labute approximate surface area is 154 Å². The van der Waals surface area contributed by atoms with Gasteiger partial charge in [-0.15, -0.1) is 0 Å². The normalized spacial score (nSPS) is 20.9. The van der Waals surface area contributed by atoms with Crippen LogP contribution >= 0.6 is 0 Å². The maximum Gasteiger partial charge on any atom is 0.147 e. The SMILES string of the molecule is Cc1cnccc1CCCc1ncc(C#N)c(N[C@@H]2C[C@H](O)C2(C)C)n1. The number of aryl methyl sites for hydroxylation is 3. The van der Waals surface area contributed by atoms with Gasteiger partial charge in [-0.3, -0.25) is 4.98 Å². The highest BCUT2D eigenvalue weighted by Gasteiger charge is 2.47. The van der Waals surface area contributed by atoms with Crippen LogP contribution in [0.5, 0.6) is 0 Å². The monoisotopic (exact) mass is 351 g/mol. The number of nitriles is 1. The van der Waals surface area contributed by atoms with E-state index in [0.29, 0.717) is 17.8 Å². The van der Waals surface area contributed by atoms with E-state index in [-0.39, 0.29) is 17.6 Å². The molecule has 0 bridgehead atoms. The van der Waals surface area contributed by atoms with E-state index in [9.17, 15) is 10.4 Å². The number of pyridine rings is 1. The Bertz CT molecular complexity index is 827. The molecule has 2 N–H and O–H groups in total. The molecular formula is C20H25N5O. The van der Waals surface area contributed by atoms with Gasteiger partial charge in [0, 0.05) is 30.3 Å². The van der Waals surface area contributed by atoms with Crippen LogP contribution in [0.2, 0.25) is 0 Å². The fraction of sp³-hybridized carbons (Fsp3) is 0.500. The average molecular weight is 351 g/mol. The Kier molecular flexibility index (Phi) is 5.19. The first-order valence-electron chi connectivity index (χ1n) is 9.02. The molecule has 0 saturated heterocycles. The first-order chi connectivity index (χ1) is 12.4. The van der Waals surface area contributed by atoms with Crippen LogP contribution in [0.4, 0.5) is 5.82 Å². The van der Waals surface area contributed by atoms with Crippen molar-refractivity contribution in [3.05, 3.63) is 47.2 Å². The summed E-state index contributed by atoms with van der Waals surface area (Å²) in [6.07, 6.45) is 8.26. The van der Waals surface area contributed by atoms with Crippen LogP contribution in [0.25, 0.3) is 0 Å². The first kappa shape index (κ1) is 18.3. The lowest BCUT2D eigenvalue weighted by molar-refractivity contribution is -0.0511. The molecule has 0 amide bonds. The number of aliphatic hydroxyl groups is 1. The second kappa shape index (κ2) is 7.38. The third-order valence-electron chi connectivity index (χ3n) is 5.47. The lowest BCUT2D eigenvalue weighted by atomic mass is 9.64. The van der Waals surface area contributed by atoms with E-state index in [0.717, 1.165) is 25.1 Å². The molecule has 1 aliphatic rings. The highest BCUT2D eigenvalue weighted by molar-refractivity contribution is 5.52. The van der Waals surface area contributed by atoms with E-state index in [2.05, 4.69) is 33.3 Å². The van der Waals surface area contributed by atoms with Crippen molar-refractivity contribution in [2.24, 2.45) is 5.41 Å². The number of rotatable bonds is 6. The molecule has 1 saturated carbocycles. The van der Waals surface area contributed by atoms with Crippen LogP contribution in [-0.4, -0.2) is 32.2 Å². The van der Waals surface area contributed by atoms with E-state index < -0.39 is 0 Å². The summed E-state index contributed by atoms with van der Waals surface area (Å²) < 4.78 is 0. The van der Waals surface area contributed by atoms with Gasteiger partial charge >= 0.3 is 0 Å². The fourth-order valence-electron chi connectivity index (χ4n) is 3.26. The Morgan fingerprint density at radius 3 is 2.81 bits per heavy atom. The number of nitrogens with zero attached hydrogens (tertiary/aromatic N) is 4. The van der Waals surface area contributed by atoms with E-state index >= 15 is 0 Å². The predicted octanol–water partition coefficient (Wildman–Crippen LogP) is 2.80. The van der Waals surface area contributed by atoms with Gasteiger partial charge in [0.1, 0.15) is 23.3 Å². The van der Waals surface area contributed by atoms with Crippen molar-refractivity contribution < 1.29 is 5.11 Å². The third-order valence-corrected chi connectivity index (χ3v) is 5.47. The molecule has 0 aromatic carbocycles. The number of nitrogens with one attached hydrogen (secondary N) is 1. The molecule has 136 valence electrons. The topological polar surface area (TPSA) is 94.7 Å². The maximum atomic E-state index is 9.91. The summed E-state index contributed by atoms with van der Waals surface area (Å²) in [4.78, 5) is 13.0. The molecular weight excluding hydrogens is 326 g/mol. The summed E-state index contributed by atoms with van der Waals surface area (Å²) >= 11 is 0. The summed E-state index contributed by atoms with van der Waals surface area (Å²) in [6, 6.07) is 4.30. The van der Waals surface area contributed by atoms with Gasteiger partial charge in [0.25, 0.3) is 0 Å². The summed E-state index contributed by atoms with van der Waals surface area (Å²) in [5.74, 6) is 1.30. The highest BCUT2D eigenvalue weighted by atomic mass is 16.3. The van der Waals surface area contributed by atoms with Crippen molar-refractivity contribution in [2.45, 2.75) is 58.6 Å². The van der Waals surface area contributed by atoms with E-state index in [1.165, 1.54) is 11.1 Å². The largest absolute Gasteiger partial charge is 0.392 e. The molecule has 1 fully saturated rings. The summed E-state index contributed by atoms with van der Waals surface area (Å²) in [6.45, 7) is 6.10. The molecule has 0 unspecified atom stereocenters. The quantitative estimate of drug-likeness (QED) is 0.831. The van der Waals surface area contributed by atoms with Gasteiger partial charge in [-0.1, -0.05) is 13.8 Å². The molecule has 0 radical (unpaired) electrons. The minimum Gasteiger partial charge on any atom is -0.392 e. The Morgan fingerprint density at radius 1 is 1.35 bits per heavy atom. The average Bonchev–Trinajstić information content (AvgIpc) is 2.63. The molecule has 2 aromatic rings. The number of aromatic nitrogens is 3. The smallest absolute Gasteiger partial charge is 0.147 e. The number of hydrogen-bond acceptors (Lipinski definition) is 6. The summed E-state index contributed by atoms with van der Waals surface area (Å²) in [7, 11) is 0. The second-order valence-corrected chi connectivity index (χ2v) is 7.59. The van der Waals surface area contributed by atoms with Gasteiger partial charge in [0.05, 0.1) is 12.3 Å². The van der Waals surface area contributed by atoms with E-state index in [4.69, 9.17) is 0 Å². The molecule has 26 heavy (non-hydrogen) atoms. The second-order valence-electron chi connectivity index (χ2n) is 7.59. The van der Waals surface area contributed by atoms with Gasteiger partial charge < -0.3 is 10.4 Å². The number of hydrogen-bond donors (Lipinski definition) is 2. The number of anilines is 1. The molecule has 6 nitrogen and oxygen atoms in total. The lowest BCUT2D eigenvalue weighted by Gasteiger charge is -2.49. The Morgan fingerprint density at radius 2 is 2.15 bits per heavy atom. The fourth-order valence-corrected chi connectivity index (χ4v) is 3.26. The molecule has 1 aliphatic carbocycles. The van der Waals surface area contributed by atoms with Crippen LogP contribution in [0, 0.1) is 23.7 Å². The van der Waals surface area contributed by atoms with Crippen molar-refractivity contribution >= 4 is 5.82 Å². The Hall–Kier alpha value is -2.52. The summed E-state index contributed by atoms with van der Waals surface area (Å²) in [5.41, 5.74) is 2.70. The van der Waals surface area contributed by atoms with E-state index in [1.807, 2.05) is 32.3 Å². The molecule has 0 spiro atoms. The van der Waals surface area contributed by atoms with Crippen LogP contribution in [-0.2, 0) is 12.8 Å². The standard InChI is InChI=1S/C20H25N5O/c1-13-11-22-8-7-14(13)5-4-6-18-23-12-15(10-21)19(25-18)24-16-9-17(26)20(16,2)3/h7-8,11-12,16-17,26H,4-6,9H2,1-3H3,(H,23,24,25)/t16-,17+/m1/s1.